The summed E-state index contributed by atoms with van der Waals surface area (Å²) in [4.78, 5) is 34.4. The van der Waals surface area contributed by atoms with Gasteiger partial charge in [-0.05, 0) is 84.8 Å². The Kier molecular flexibility index (Phi) is 10.0. The summed E-state index contributed by atoms with van der Waals surface area (Å²) >= 11 is 0. The summed E-state index contributed by atoms with van der Waals surface area (Å²) in [5.41, 5.74) is 8.78. The zero-order valence-corrected chi connectivity index (χ0v) is 32.5. The highest BCUT2D eigenvalue weighted by atomic mass is 16.5. The number of aromatic nitrogens is 6. The second kappa shape index (κ2) is 15.4. The lowest BCUT2D eigenvalue weighted by atomic mass is 9.99. The second-order valence-electron chi connectivity index (χ2n) is 14.0. The minimum absolute atomic E-state index is 0.250. The van der Waals surface area contributed by atoms with E-state index in [-0.39, 0.29) is 5.56 Å². The number of hydrogen-bond acceptors (Lipinski definition) is 12. The van der Waals surface area contributed by atoms with Crippen LogP contribution in [0.25, 0.3) is 27.6 Å². The van der Waals surface area contributed by atoms with Gasteiger partial charge in [-0.25, -0.2) is 19.6 Å². The van der Waals surface area contributed by atoms with E-state index < -0.39 is 6.23 Å². The van der Waals surface area contributed by atoms with Crippen LogP contribution in [0.2, 0.25) is 0 Å². The Balaban J connectivity index is 0.941. The Labute approximate surface area is 328 Å². The molecule has 3 N–H and O–H groups in total. The van der Waals surface area contributed by atoms with Crippen LogP contribution in [-0.4, -0.2) is 69.1 Å². The number of aliphatic hydroxyl groups excluding tert-OH is 1. The molecule has 1 atom stereocenters. The smallest absolute Gasteiger partial charge is 0.258 e. The number of nitrogens with one attached hydrogen (secondary N) is 2. The molecule has 8 rings (SSSR count). The van der Waals surface area contributed by atoms with Crippen molar-refractivity contribution in [3.63, 3.8) is 0 Å². The van der Waals surface area contributed by atoms with Crippen molar-refractivity contribution in [2.45, 2.75) is 45.8 Å². The summed E-state index contributed by atoms with van der Waals surface area (Å²) in [6, 6.07) is 17.3. The van der Waals surface area contributed by atoms with Crippen LogP contribution < -0.4 is 29.8 Å². The zero-order chi connectivity index (χ0) is 39.8. The predicted octanol–water partition coefficient (Wildman–Crippen LogP) is 6.14. The van der Waals surface area contributed by atoms with Crippen molar-refractivity contribution in [1.82, 2.24) is 29.7 Å². The lowest BCUT2D eigenvalue weighted by molar-refractivity contribution is 0.187. The number of methoxy groups -OCH3 is 4. The molecule has 0 fully saturated rings. The molecule has 0 aliphatic carbocycles. The van der Waals surface area contributed by atoms with Gasteiger partial charge in [0.05, 0.1) is 56.2 Å². The van der Waals surface area contributed by atoms with Gasteiger partial charge in [0, 0.05) is 54.5 Å². The van der Waals surface area contributed by atoms with E-state index >= 15 is 0 Å². The number of amidine groups is 1. The van der Waals surface area contributed by atoms with E-state index in [0.29, 0.717) is 69.8 Å². The van der Waals surface area contributed by atoms with Crippen molar-refractivity contribution in [2.24, 2.45) is 4.99 Å². The van der Waals surface area contributed by atoms with Gasteiger partial charge in [-0.2, -0.15) is 5.10 Å². The minimum atomic E-state index is -1.02. The average Bonchev–Trinajstić information content (AvgIpc) is 3.59. The molecule has 57 heavy (non-hydrogen) atoms. The molecule has 0 spiro atoms. The fourth-order valence-corrected chi connectivity index (χ4v) is 7.27. The maximum absolute atomic E-state index is 12.9. The highest BCUT2D eigenvalue weighted by Gasteiger charge is 2.23. The van der Waals surface area contributed by atoms with Crippen molar-refractivity contribution in [1.29, 1.82) is 0 Å². The monoisotopic (exact) mass is 766 g/mol. The molecule has 1 aliphatic rings. The summed E-state index contributed by atoms with van der Waals surface area (Å²) in [5, 5.41) is 20.5. The van der Waals surface area contributed by atoms with Gasteiger partial charge in [0.25, 0.3) is 5.56 Å². The quantitative estimate of drug-likeness (QED) is 0.131. The van der Waals surface area contributed by atoms with Crippen LogP contribution in [0.15, 0.2) is 83.0 Å². The summed E-state index contributed by atoms with van der Waals surface area (Å²) in [5.74, 6) is 3.92. The summed E-state index contributed by atoms with van der Waals surface area (Å²) in [6.07, 6.45) is 7.01. The molecule has 0 bridgehead atoms. The number of fused-ring (bicyclic) bond motifs is 3. The van der Waals surface area contributed by atoms with Crippen molar-refractivity contribution in [3.05, 3.63) is 128 Å². The van der Waals surface area contributed by atoms with Gasteiger partial charge >= 0.3 is 0 Å². The van der Waals surface area contributed by atoms with Gasteiger partial charge in [0.2, 0.25) is 0 Å². The number of ether oxygens (including phenoxy) is 4. The molecule has 290 valence electrons. The highest BCUT2D eigenvalue weighted by molar-refractivity contribution is 6.00. The number of pyridine rings is 2. The Morgan fingerprint density at radius 1 is 0.772 bits per heavy atom. The number of aliphatic imine (C=N–C) groups is 1. The van der Waals surface area contributed by atoms with Gasteiger partial charge in [-0.15, -0.1) is 0 Å². The summed E-state index contributed by atoms with van der Waals surface area (Å²) in [6.45, 7) is 4.14. The number of H-pyrrole nitrogens is 1. The van der Waals surface area contributed by atoms with Crippen molar-refractivity contribution < 1.29 is 24.1 Å². The molecule has 1 unspecified atom stereocenters. The Morgan fingerprint density at radius 3 is 2.25 bits per heavy atom. The van der Waals surface area contributed by atoms with Crippen molar-refractivity contribution in [3.8, 4) is 28.8 Å². The van der Waals surface area contributed by atoms with Crippen molar-refractivity contribution in [2.75, 3.05) is 33.8 Å². The van der Waals surface area contributed by atoms with E-state index in [9.17, 15) is 9.90 Å². The first-order valence-electron chi connectivity index (χ1n) is 18.4. The van der Waals surface area contributed by atoms with Gasteiger partial charge in [0.15, 0.2) is 35.0 Å². The average molecular weight is 767 g/mol. The number of aryl methyl sites for hydroxylation is 4. The lowest BCUT2D eigenvalue weighted by Crippen LogP contribution is -2.22. The SMILES string of the molecule is COc1cc2c(cc1OC)C(O)N=C(Cc1cnc3c(C)cc(CCc4nn(-c5ccc(Cc6nc7cc(OC)c(OC)cc7c(=O)[nH]6)cn5)cc4C)cc3c1)N2. The van der Waals surface area contributed by atoms with E-state index in [0.717, 1.165) is 57.4 Å². The van der Waals surface area contributed by atoms with Gasteiger partial charge in [-0.1, -0.05) is 12.1 Å². The molecule has 0 saturated heterocycles. The lowest BCUT2D eigenvalue weighted by Gasteiger charge is -2.24. The summed E-state index contributed by atoms with van der Waals surface area (Å²) in [7, 11) is 6.22. The molecule has 0 saturated carbocycles. The highest BCUT2D eigenvalue weighted by Crippen LogP contribution is 2.39. The number of nitrogens with zero attached hydrogens (tertiary/aromatic N) is 6. The first-order chi connectivity index (χ1) is 27.6. The third-order valence-electron chi connectivity index (χ3n) is 10.2. The standard InChI is InChI=1S/C43H42N8O6/c1-23-11-25(12-28-13-27(21-45-41(23)28)15-39-47-33-19-37(57-6)35(55-4)17-30(33)43(53)49-39)7-9-31-24(2)22-51(50-31)40-10-8-26(20-44-40)14-38-46-32-18-36(56-5)34(54-3)16-29(32)42(52)48-38/h8,10-13,16-22,43,53H,7,9,14-15H2,1-6H3,(H,47,49)(H,46,48,52). The normalized spacial score (nSPS) is 13.6. The van der Waals surface area contributed by atoms with Gasteiger partial charge in [-0.3, -0.25) is 9.78 Å². The Bertz CT molecular complexity index is 2740. The van der Waals surface area contributed by atoms with Crippen LogP contribution in [0.4, 0.5) is 5.69 Å². The molecule has 3 aromatic carbocycles. The molecular formula is C43H42N8O6. The number of rotatable bonds is 12. The number of aromatic amines is 1. The Morgan fingerprint density at radius 2 is 1.49 bits per heavy atom. The number of hydrogen-bond donors (Lipinski definition) is 3. The van der Waals surface area contributed by atoms with E-state index in [1.807, 2.05) is 30.6 Å². The fraction of sp³-hybridized carbons (Fsp3) is 0.256. The number of anilines is 1. The molecule has 4 aromatic heterocycles. The molecule has 7 aromatic rings. The van der Waals surface area contributed by atoms with Crippen LogP contribution >= 0.6 is 0 Å². The van der Waals surface area contributed by atoms with E-state index in [1.54, 1.807) is 50.4 Å². The van der Waals surface area contributed by atoms with Crippen LogP contribution in [0.3, 0.4) is 0 Å². The first-order valence-corrected chi connectivity index (χ1v) is 18.4. The van der Waals surface area contributed by atoms with Crippen LogP contribution in [-0.2, 0) is 25.7 Å². The summed E-state index contributed by atoms with van der Waals surface area (Å²) < 4.78 is 23.4. The number of aliphatic hydroxyl groups is 1. The van der Waals surface area contributed by atoms with E-state index in [4.69, 9.17) is 29.0 Å². The van der Waals surface area contributed by atoms with Crippen LogP contribution in [0, 0.1) is 13.8 Å². The largest absolute Gasteiger partial charge is 0.493 e. The minimum Gasteiger partial charge on any atom is -0.493 e. The Hall–Kier alpha value is -6.80. The third-order valence-corrected chi connectivity index (χ3v) is 10.2. The molecule has 0 amide bonds. The maximum Gasteiger partial charge on any atom is 0.258 e. The molecule has 0 radical (unpaired) electrons. The van der Waals surface area contributed by atoms with Gasteiger partial charge in [0.1, 0.15) is 11.7 Å². The predicted molar refractivity (Wildman–Crippen MR) is 218 cm³/mol. The third kappa shape index (κ3) is 7.46. The second-order valence-corrected chi connectivity index (χ2v) is 14.0. The molecule has 5 heterocycles. The molecule has 1 aliphatic heterocycles. The maximum atomic E-state index is 12.9. The van der Waals surface area contributed by atoms with Crippen molar-refractivity contribution >= 4 is 33.3 Å². The fourth-order valence-electron chi connectivity index (χ4n) is 7.27. The molecule has 14 nitrogen and oxygen atoms in total. The molecule has 14 heteroatoms. The van der Waals surface area contributed by atoms with Crippen LogP contribution in [0.1, 0.15) is 51.1 Å². The zero-order valence-electron chi connectivity index (χ0n) is 32.5. The first kappa shape index (κ1) is 37.1. The number of benzene rings is 3. The van der Waals surface area contributed by atoms with Gasteiger partial charge < -0.3 is 34.4 Å². The topological polar surface area (TPSA) is 171 Å². The van der Waals surface area contributed by atoms with E-state index in [1.165, 1.54) is 12.7 Å². The van der Waals surface area contributed by atoms with Crippen LogP contribution in [0.5, 0.6) is 23.0 Å². The molecular weight excluding hydrogens is 725 g/mol. The van der Waals surface area contributed by atoms with E-state index in [2.05, 4.69) is 57.3 Å².